The van der Waals surface area contributed by atoms with Gasteiger partial charge >= 0.3 is 15.6 Å². The van der Waals surface area contributed by atoms with E-state index < -0.39 is 15.6 Å². The molecule has 0 aliphatic rings. The number of allylic oxidation sites excluding steroid dienone is 7. The molecule has 0 aromatic heterocycles. The predicted octanol–water partition coefficient (Wildman–Crippen LogP) is 4.41. The fourth-order valence-electron chi connectivity index (χ4n) is 1.52. The van der Waals surface area contributed by atoms with Crippen molar-refractivity contribution < 1.29 is 32.6 Å². The molecule has 9 heteroatoms. The summed E-state index contributed by atoms with van der Waals surface area (Å²) in [5, 5.41) is 0. The first-order valence-corrected chi connectivity index (χ1v) is 10.3. The van der Waals surface area contributed by atoms with Crippen LogP contribution in [0.3, 0.4) is 0 Å². The molecule has 1 atom stereocenters. The average molecular weight is 380 g/mol. The van der Waals surface area contributed by atoms with Crippen LogP contribution in [0.25, 0.3) is 0 Å². The first kappa shape index (κ1) is 23.2. The number of rotatable bonds is 10. The molecular formula is C15H26O7P2. The van der Waals surface area contributed by atoms with E-state index in [1.165, 1.54) is 17.2 Å². The molecule has 0 amide bonds. The minimum absolute atomic E-state index is 0.312. The summed E-state index contributed by atoms with van der Waals surface area (Å²) in [5.41, 5.74) is 3.28. The van der Waals surface area contributed by atoms with Gasteiger partial charge in [-0.2, -0.15) is 4.31 Å². The summed E-state index contributed by atoms with van der Waals surface area (Å²) in [7, 11) is -9.86. The lowest BCUT2D eigenvalue weighted by molar-refractivity contribution is 0.191. The van der Waals surface area contributed by atoms with Crippen molar-refractivity contribution in [2.75, 3.05) is 6.61 Å². The van der Waals surface area contributed by atoms with Crippen LogP contribution in [0.5, 0.6) is 0 Å². The van der Waals surface area contributed by atoms with Crippen LogP contribution < -0.4 is 0 Å². The number of hydrogen-bond donors (Lipinski definition) is 3. The molecule has 0 saturated heterocycles. The molecule has 0 aromatic rings. The zero-order valence-electron chi connectivity index (χ0n) is 14.4. The topological polar surface area (TPSA) is 113 Å². The quantitative estimate of drug-likeness (QED) is 0.292. The SMILES string of the molecule is CC(C)=CCC/C(C)=C/C=C/C(C)=C/COP(=O)(O)OP(=O)(O)O. The highest BCUT2D eigenvalue weighted by Gasteiger charge is 2.31. The summed E-state index contributed by atoms with van der Waals surface area (Å²) in [6.45, 7) is 7.61. The van der Waals surface area contributed by atoms with Crippen LogP contribution in [0, 0.1) is 0 Å². The Morgan fingerprint density at radius 2 is 1.67 bits per heavy atom. The number of phosphoric acid groups is 2. The van der Waals surface area contributed by atoms with Gasteiger partial charge in [-0.3, -0.25) is 4.52 Å². The Morgan fingerprint density at radius 3 is 2.21 bits per heavy atom. The first-order chi connectivity index (χ1) is 10.9. The molecule has 0 radical (unpaired) electrons. The van der Waals surface area contributed by atoms with Crippen LogP contribution in [-0.4, -0.2) is 21.3 Å². The summed E-state index contributed by atoms with van der Waals surface area (Å²) in [6, 6.07) is 0. The summed E-state index contributed by atoms with van der Waals surface area (Å²) >= 11 is 0. The van der Waals surface area contributed by atoms with Gasteiger partial charge in [0.2, 0.25) is 0 Å². The molecule has 0 spiro atoms. The van der Waals surface area contributed by atoms with Gasteiger partial charge in [0, 0.05) is 0 Å². The highest BCUT2D eigenvalue weighted by Crippen LogP contribution is 2.57. The molecule has 0 heterocycles. The van der Waals surface area contributed by atoms with Crippen LogP contribution in [0.4, 0.5) is 0 Å². The maximum atomic E-state index is 11.2. The van der Waals surface area contributed by atoms with Crippen LogP contribution in [0.15, 0.2) is 47.1 Å². The molecule has 0 bridgehead atoms. The van der Waals surface area contributed by atoms with Crippen LogP contribution in [0.1, 0.15) is 40.5 Å². The summed E-state index contributed by atoms with van der Waals surface area (Å²) in [5.74, 6) is 0. The average Bonchev–Trinajstić information content (AvgIpc) is 2.34. The zero-order chi connectivity index (χ0) is 18.8. The second kappa shape index (κ2) is 11.0. The Kier molecular flexibility index (Phi) is 10.6. The van der Waals surface area contributed by atoms with E-state index in [4.69, 9.17) is 14.7 Å². The van der Waals surface area contributed by atoms with Crippen molar-refractivity contribution >= 4 is 15.6 Å². The third-order valence-corrected chi connectivity index (χ3v) is 4.84. The lowest BCUT2D eigenvalue weighted by Crippen LogP contribution is -1.94. The standard InChI is InChI=1S/C15H26O7P2/c1-13(2)7-5-8-14(3)9-6-10-15(4)11-12-21-24(19,20)22-23(16,17)18/h6-7,9-11H,5,8,12H2,1-4H3,(H,19,20)(H2,16,17,18)/b10-6+,14-9+,15-11+. The molecule has 0 aliphatic carbocycles. The number of hydrogen-bond acceptors (Lipinski definition) is 4. The monoisotopic (exact) mass is 380 g/mol. The highest BCUT2D eigenvalue weighted by atomic mass is 31.3. The molecule has 0 saturated carbocycles. The second-order valence-electron chi connectivity index (χ2n) is 5.48. The van der Waals surface area contributed by atoms with Gasteiger partial charge in [0.15, 0.2) is 0 Å². The van der Waals surface area contributed by atoms with Crippen molar-refractivity contribution in [3.8, 4) is 0 Å². The normalized spacial score (nSPS) is 16.3. The second-order valence-corrected chi connectivity index (χ2v) is 8.31. The third kappa shape index (κ3) is 14.8. The molecule has 0 rings (SSSR count). The lowest BCUT2D eigenvalue weighted by Gasteiger charge is -2.10. The molecule has 24 heavy (non-hydrogen) atoms. The third-order valence-electron chi connectivity index (χ3n) is 2.68. The summed E-state index contributed by atoms with van der Waals surface area (Å²) < 4.78 is 29.8. The lowest BCUT2D eigenvalue weighted by atomic mass is 10.1. The highest BCUT2D eigenvalue weighted by molar-refractivity contribution is 7.60. The van der Waals surface area contributed by atoms with Gasteiger partial charge in [0.25, 0.3) is 0 Å². The number of phosphoric ester groups is 1. The van der Waals surface area contributed by atoms with Crippen molar-refractivity contribution in [2.24, 2.45) is 0 Å². The minimum atomic E-state index is -5.08. The molecule has 138 valence electrons. The van der Waals surface area contributed by atoms with Crippen molar-refractivity contribution in [3.05, 3.63) is 47.1 Å². The molecule has 3 N–H and O–H groups in total. The Balaban J connectivity index is 4.38. The van der Waals surface area contributed by atoms with E-state index in [1.54, 1.807) is 13.0 Å². The van der Waals surface area contributed by atoms with Gasteiger partial charge in [-0.25, -0.2) is 9.13 Å². The van der Waals surface area contributed by atoms with Crippen LogP contribution in [0.2, 0.25) is 0 Å². The smallest absolute Gasteiger partial charge is 0.302 e. The van der Waals surface area contributed by atoms with Crippen LogP contribution >= 0.6 is 15.6 Å². The predicted molar refractivity (Wildman–Crippen MR) is 94.2 cm³/mol. The van der Waals surface area contributed by atoms with Crippen molar-refractivity contribution in [3.63, 3.8) is 0 Å². The van der Waals surface area contributed by atoms with E-state index in [2.05, 4.69) is 28.8 Å². The fourth-order valence-corrected chi connectivity index (χ4v) is 3.05. The molecule has 7 nitrogen and oxygen atoms in total. The van der Waals surface area contributed by atoms with Gasteiger partial charge in [0.1, 0.15) is 0 Å². The van der Waals surface area contributed by atoms with Gasteiger partial charge in [-0.1, -0.05) is 47.1 Å². The zero-order valence-corrected chi connectivity index (χ0v) is 16.2. The Hall–Kier alpha value is -0.780. The van der Waals surface area contributed by atoms with E-state index in [9.17, 15) is 9.13 Å². The van der Waals surface area contributed by atoms with E-state index in [0.717, 1.165) is 18.4 Å². The van der Waals surface area contributed by atoms with E-state index in [-0.39, 0.29) is 6.61 Å². The van der Waals surface area contributed by atoms with Crippen molar-refractivity contribution in [1.82, 2.24) is 0 Å². The Bertz CT molecular complexity index is 607. The Labute approximate surface area is 143 Å². The first-order valence-electron chi connectivity index (χ1n) is 7.29. The Morgan fingerprint density at radius 1 is 1.04 bits per heavy atom. The van der Waals surface area contributed by atoms with E-state index in [0.29, 0.717) is 0 Å². The maximum Gasteiger partial charge on any atom is 0.481 e. The van der Waals surface area contributed by atoms with Gasteiger partial charge in [-0.05, 0) is 40.5 Å². The summed E-state index contributed by atoms with van der Waals surface area (Å²) in [4.78, 5) is 26.0. The van der Waals surface area contributed by atoms with E-state index in [1.807, 2.05) is 19.1 Å². The largest absolute Gasteiger partial charge is 0.481 e. The van der Waals surface area contributed by atoms with E-state index >= 15 is 0 Å². The molecule has 0 aliphatic heterocycles. The van der Waals surface area contributed by atoms with Crippen LogP contribution in [-0.2, 0) is 18.0 Å². The van der Waals surface area contributed by atoms with Crippen molar-refractivity contribution in [1.29, 1.82) is 0 Å². The van der Waals surface area contributed by atoms with Gasteiger partial charge in [-0.15, -0.1) is 0 Å². The molecule has 0 aromatic carbocycles. The molecular weight excluding hydrogens is 354 g/mol. The summed E-state index contributed by atoms with van der Waals surface area (Å²) in [6.07, 6.45) is 11.3. The molecule has 1 unspecified atom stereocenters. The minimum Gasteiger partial charge on any atom is -0.302 e. The van der Waals surface area contributed by atoms with Crippen molar-refractivity contribution in [2.45, 2.75) is 40.5 Å². The molecule has 0 fully saturated rings. The van der Waals surface area contributed by atoms with Gasteiger partial charge < -0.3 is 14.7 Å². The fraction of sp³-hybridized carbons (Fsp3) is 0.467. The van der Waals surface area contributed by atoms with Gasteiger partial charge in [0.05, 0.1) is 6.61 Å². The maximum absolute atomic E-state index is 11.2.